The van der Waals surface area contributed by atoms with Crippen LogP contribution in [0.25, 0.3) is 0 Å². The van der Waals surface area contributed by atoms with Crippen LogP contribution in [-0.4, -0.2) is 50.6 Å². The number of fused-ring (bicyclic) bond motifs is 1. The first-order valence-corrected chi connectivity index (χ1v) is 16.4. The van der Waals surface area contributed by atoms with E-state index in [1.54, 1.807) is 30.3 Å². The van der Waals surface area contributed by atoms with Crippen molar-refractivity contribution in [3.63, 3.8) is 0 Å². The van der Waals surface area contributed by atoms with Crippen LogP contribution in [0.2, 0.25) is 0 Å². The number of nitrogens with zero attached hydrogens (tertiary/aromatic N) is 1. The third-order valence-corrected chi connectivity index (χ3v) is 10.5. The summed E-state index contributed by atoms with van der Waals surface area (Å²) in [6, 6.07) is 19.6. The van der Waals surface area contributed by atoms with Gasteiger partial charge in [0.15, 0.2) is 9.84 Å². The Morgan fingerprint density at radius 3 is 2.12 bits per heavy atom. The molecule has 3 aromatic carbocycles. The van der Waals surface area contributed by atoms with Gasteiger partial charge in [-0.1, -0.05) is 63.8 Å². The largest absolute Gasteiger partial charge is 0.489 e. The smallest absolute Gasteiger partial charge is 0.335 e. The van der Waals surface area contributed by atoms with Crippen LogP contribution in [0.4, 0.5) is 5.69 Å². The van der Waals surface area contributed by atoms with Gasteiger partial charge in [-0.05, 0) is 72.0 Å². The predicted octanol–water partition coefficient (Wildman–Crippen LogP) is 6.68. The number of hydrogen-bond donors (Lipinski definition) is 2. The van der Waals surface area contributed by atoms with Gasteiger partial charge in [0.1, 0.15) is 12.4 Å². The number of aromatic carboxylic acids is 1. The molecule has 3 aromatic rings. The molecule has 2 atom stereocenters. The summed E-state index contributed by atoms with van der Waals surface area (Å²) in [4.78, 5) is 13.4. The van der Waals surface area contributed by atoms with E-state index in [4.69, 9.17) is 9.84 Å². The van der Waals surface area contributed by atoms with Crippen molar-refractivity contribution in [3.05, 3.63) is 89.0 Å². The molecule has 8 heteroatoms. The molecular weight excluding hydrogens is 550 g/mol. The van der Waals surface area contributed by atoms with Crippen molar-refractivity contribution in [2.75, 3.05) is 24.7 Å². The van der Waals surface area contributed by atoms with Gasteiger partial charge in [-0.3, -0.25) is 0 Å². The second kappa shape index (κ2) is 13.3. The van der Waals surface area contributed by atoms with Gasteiger partial charge < -0.3 is 19.8 Å². The van der Waals surface area contributed by atoms with Gasteiger partial charge in [0.05, 0.1) is 22.3 Å². The number of carbonyl (C=O) groups is 1. The number of ether oxygens (including phenoxy) is 1. The van der Waals surface area contributed by atoms with Crippen molar-refractivity contribution in [1.82, 2.24) is 0 Å². The monoisotopic (exact) mass is 593 g/mol. The SMILES string of the molecule is CCCCC1(CCCC)CS(=O)(=O)c2ccc(N(C)C)cc2C(c2ccc(OCc3ccc(C(=O)O)cc3)cc2)C1O. The molecule has 1 aliphatic heterocycles. The number of aliphatic hydroxyl groups is 1. The first-order chi connectivity index (χ1) is 20.0. The van der Waals surface area contributed by atoms with Crippen molar-refractivity contribution in [3.8, 4) is 5.75 Å². The standard InChI is InChI=1S/C34H43NO6S/c1-5-7-19-34(20-8-6-2)23-42(39,40)30-18-15-27(35(3)4)21-29(30)31(32(34)36)25-13-16-28(17-14-25)41-22-24-9-11-26(12-10-24)33(37)38/h9-18,21,31-32,36H,5-8,19-20,22-23H2,1-4H3,(H,37,38). The molecule has 0 aromatic heterocycles. The van der Waals surface area contributed by atoms with Crippen LogP contribution in [0.3, 0.4) is 0 Å². The summed E-state index contributed by atoms with van der Waals surface area (Å²) < 4.78 is 34.0. The Morgan fingerprint density at radius 1 is 0.952 bits per heavy atom. The van der Waals surface area contributed by atoms with Gasteiger partial charge in [0, 0.05) is 31.1 Å². The third kappa shape index (κ3) is 6.81. The molecule has 0 amide bonds. The van der Waals surface area contributed by atoms with E-state index in [2.05, 4.69) is 13.8 Å². The molecule has 7 nitrogen and oxygen atoms in total. The van der Waals surface area contributed by atoms with Gasteiger partial charge in [0.2, 0.25) is 0 Å². The molecule has 1 heterocycles. The topological polar surface area (TPSA) is 104 Å². The average Bonchev–Trinajstić information content (AvgIpc) is 3.04. The Morgan fingerprint density at radius 2 is 1.57 bits per heavy atom. The molecule has 0 radical (unpaired) electrons. The van der Waals surface area contributed by atoms with Gasteiger partial charge >= 0.3 is 5.97 Å². The second-order valence-corrected chi connectivity index (χ2v) is 13.7. The zero-order valence-corrected chi connectivity index (χ0v) is 25.9. The fraction of sp³-hybridized carbons (Fsp3) is 0.441. The summed E-state index contributed by atoms with van der Waals surface area (Å²) in [5.41, 5.74) is 2.66. The first-order valence-electron chi connectivity index (χ1n) is 14.8. The Labute approximate surface area is 250 Å². The number of carboxylic acids is 1. The van der Waals surface area contributed by atoms with Crippen molar-refractivity contribution in [1.29, 1.82) is 0 Å². The normalized spacial score (nSPS) is 19.0. The lowest BCUT2D eigenvalue weighted by molar-refractivity contribution is 0.0127. The van der Waals surface area contributed by atoms with Crippen molar-refractivity contribution in [2.45, 2.75) is 75.9 Å². The van der Waals surface area contributed by atoms with Crippen LogP contribution in [0.1, 0.15) is 85.3 Å². The molecule has 0 bridgehead atoms. The van der Waals surface area contributed by atoms with Crippen LogP contribution in [0, 0.1) is 5.41 Å². The maximum absolute atomic E-state index is 14.0. The lowest BCUT2D eigenvalue weighted by atomic mass is 9.68. The number of unbranched alkanes of at least 4 members (excludes halogenated alkanes) is 2. The van der Waals surface area contributed by atoms with E-state index in [-0.39, 0.29) is 17.9 Å². The molecule has 226 valence electrons. The van der Waals surface area contributed by atoms with E-state index < -0.39 is 33.2 Å². The molecule has 0 aliphatic carbocycles. The number of sulfone groups is 1. The summed E-state index contributed by atoms with van der Waals surface area (Å²) in [6.45, 7) is 4.47. The van der Waals surface area contributed by atoms with Gasteiger partial charge in [-0.25, -0.2) is 13.2 Å². The highest BCUT2D eigenvalue weighted by Crippen LogP contribution is 2.50. The molecule has 4 rings (SSSR count). The van der Waals surface area contributed by atoms with Crippen molar-refractivity contribution < 1.29 is 28.2 Å². The zero-order valence-electron chi connectivity index (χ0n) is 25.0. The van der Waals surface area contributed by atoms with E-state index in [0.717, 1.165) is 42.5 Å². The Bertz CT molecular complexity index is 1460. The van der Waals surface area contributed by atoms with Crippen LogP contribution >= 0.6 is 0 Å². The second-order valence-electron chi connectivity index (χ2n) is 11.7. The number of anilines is 1. The molecule has 42 heavy (non-hydrogen) atoms. The Kier molecular flexibility index (Phi) is 10.00. The Hall–Kier alpha value is -3.36. The lowest BCUT2D eigenvalue weighted by Gasteiger charge is -2.40. The summed E-state index contributed by atoms with van der Waals surface area (Å²) >= 11 is 0. The number of carboxylic acid groups (broad SMARTS) is 1. The summed E-state index contributed by atoms with van der Waals surface area (Å²) in [7, 11) is 0.187. The average molecular weight is 594 g/mol. The van der Waals surface area contributed by atoms with Gasteiger partial charge in [-0.15, -0.1) is 0 Å². The molecule has 2 unspecified atom stereocenters. The number of rotatable bonds is 12. The number of aliphatic hydroxyl groups excluding tert-OH is 1. The molecule has 1 aliphatic rings. The third-order valence-electron chi connectivity index (χ3n) is 8.50. The Balaban J connectivity index is 1.74. The molecule has 0 saturated carbocycles. The van der Waals surface area contributed by atoms with Crippen LogP contribution in [-0.2, 0) is 16.4 Å². The molecule has 0 fully saturated rings. The minimum Gasteiger partial charge on any atom is -0.489 e. The fourth-order valence-corrected chi connectivity index (χ4v) is 8.26. The maximum atomic E-state index is 14.0. The summed E-state index contributed by atoms with van der Waals surface area (Å²) in [5, 5.41) is 21.4. The zero-order chi connectivity index (χ0) is 30.5. The maximum Gasteiger partial charge on any atom is 0.335 e. The van der Waals surface area contributed by atoms with Crippen LogP contribution in [0.5, 0.6) is 5.75 Å². The number of benzene rings is 3. The first kappa shape index (κ1) is 31.6. The highest BCUT2D eigenvalue weighted by molar-refractivity contribution is 7.91. The highest BCUT2D eigenvalue weighted by atomic mass is 32.2. The van der Waals surface area contributed by atoms with Crippen LogP contribution in [0.15, 0.2) is 71.6 Å². The summed E-state index contributed by atoms with van der Waals surface area (Å²) in [5.74, 6) is -0.932. The minimum atomic E-state index is -3.66. The minimum absolute atomic E-state index is 0.0617. The number of hydrogen-bond acceptors (Lipinski definition) is 6. The quantitative estimate of drug-likeness (QED) is 0.242. The van der Waals surface area contributed by atoms with Gasteiger partial charge in [0.25, 0.3) is 0 Å². The lowest BCUT2D eigenvalue weighted by Crippen LogP contribution is -2.43. The van der Waals surface area contributed by atoms with Crippen molar-refractivity contribution in [2.24, 2.45) is 5.41 Å². The van der Waals surface area contributed by atoms with E-state index in [1.165, 1.54) is 0 Å². The predicted molar refractivity (Wildman–Crippen MR) is 166 cm³/mol. The van der Waals surface area contributed by atoms with Crippen LogP contribution < -0.4 is 9.64 Å². The molecule has 0 spiro atoms. The van der Waals surface area contributed by atoms with E-state index in [9.17, 15) is 18.3 Å². The van der Waals surface area contributed by atoms with Gasteiger partial charge in [-0.2, -0.15) is 0 Å². The van der Waals surface area contributed by atoms with E-state index in [0.29, 0.717) is 29.1 Å². The van der Waals surface area contributed by atoms with E-state index in [1.807, 2.05) is 55.4 Å². The van der Waals surface area contributed by atoms with Crippen molar-refractivity contribution >= 4 is 21.5 Å². The fourth-order valence-electron chi connectivity index (χ4n) is 6.07. The highest BCUT2D eigenvalue weighted by Gasteiger charge is 2.49. The molecule has 2 N–H and O–H groups in total. The molecule has 0 saturated heterocycles. The van der Waals surface area contributed by atoms with E-state index >= 15 is 0 Å². The summed E-state index contributed by atoms with van der Waals surface area (Å²) in [6.07, 6.45) is 3.96. The molecular formula is C34H43NO6S.